The Balaban J connectivity index is 2.63. The van der Waals surface area contributed by atoms with Crippen molar-refractivity contribution in [3.63, 3.8) is 0 Å². The summed E-state index contributed by atoms with van der Waals surface area (Å²) in [6.07, 6.45) is 3.59. The van der Waals surface area contributed by atoms with Crippen molar-refractivity contribution in [1.82, 2.24) is 4.90 Å². The SMILES string of the molecule is CCCCC(=O)C(Cc1ccccc1)N(C)C. The zero-order chi connectivity index (χ0) is 12.7. The Bertz CT molecular complexity index is 332. The second kappa shape index (κ2) is 7.23. The van der Waals surface area contributed by atoms with Crippen LogP contribution in [0.25, 0.3) is 0 Å². The molecule has 17 heavy (non-hydrogen) atoms. The van der Waals surface area contributed by atoms with Crippen molar-refractivity contribution in [3.05, 3.63) is 35.9 Å². The molecule has 1 aromatic rings. The molecule has 2 heteroatoms. The highest BCUT2D eigenvalue weighted by atomic mass is 16.1. The van der Waals surface area contributed by atoms with E-state index in [1.54, 1.807) is 0 Å². The fourth-order valence-electron chi connectivity index (χ4n) is 1.94. The maximum atomic E-state index is 12.1. The lowest BCUT2D eigenvalue weighted by Crippen LogP contribution is -2.37. The van der Waals surface area contributed by atoms with Crippen molar-refractivity contribution in [2.24, 2.45) is 0 Å². The molecule has 0 radical (unpaired) electrons. The maximum absolute atomic E-state index is 12.1. The second-order valence-electron chi connectivity index (χ2n) is 4.74. The van der Waals surface area contributed by atoms with Crippen molar-refractivity contribution in [3.8, 4) is 0 Å². The van der Waals surface area contributed by atoms with Gasteiger partial charge in [-0.1, -0.05) is 43.7 Å². The van der Waals surface area contributed by atoms with Crippen LogP contribution in [0.3, 0.4) is 0 Å². The number of carbonyl (C=O) groups excluding carboxylic acids is 1. The van der Waals surface area contributed by atoms with Gasteiger partial charge >= 0.3 is 0 Å². The number of Topliss-reactive ketones (excluding diaryl/α,β-unsaturated/α-hetero) is 1. The molecule has 0 saturated carbocycles. The lowest BCUT2D eigenvalue weighted by atomic mass is 9.98. The summed E-state index contributed by atoms with van der Waals surface area (Å²) in [6, 6.07) is 10.3. The van der Waals surface area contributed by atoms with E-state index in [2.05, 4.69) is 19.1 Å². The minimum absolute atomic E-state index is 0.0175. The summed E-state index contributed by atoms with van der Waals surface area (Å²) in [4.78, 5) is 14.1. The quantitative estimate of drug-likeness (QED) is 0.721. The minimum atomic E-state index is 0.0175. The van der Waals surface area contributed by atoms with Gasteiger partial charge in [-0.15, -0.1) is 0 Å². The van der Waals surface area contributed by atoms with Crippen LogP contribution in [0.2, 0.25) is 0 Å². The van der Waals surface area contributed by atoms with Gasteiger partial charge in [-0.2, -0.15) is 0 Å². The molecule has 0 heterocycles. The first-order chi connectivity index (χ1) is 8.15. The molecule has 1 atom stereocenters. The number of benzene rings is 1. The van der Waals surface area contributed by atoms with Gasteiger partial charge in [0.2, 0.25) is 0 Å². The smallest absolute Gasteiger partial charge is 0.150 e. The van der Waals surface area contributed by atoms with Crippen LogP contribution in [0.15, 0.2) is 30.3 Å². The standard InChI is InChI=1S/C15H23NO/c1-4-5-11-15(17)14(16(2)3)12-13-9-7-6-8-10-13/h6-10,14H,4-5,11-12H2,1-3H3. The third-order valence-electron chi connectivity index (χ3n) is 3.04. The Morgan fingerprint density at radius 3 is 2.41 bits per heavy atom. The first kappa shape index (κ1) is 13.9. The van der Waals surface area contributed by atoms with Gasteiger partial charge < -0.3 is 0 Å². The van der Waals surface area contributed by atoms with Crippen molar-refractivity contribution in [2.75, 3.05) is 14.1 Å². The highest BCUT2D eigenvalue weighted by Crippen LogP contribution is 2.10. The zero-order valence-electron chi connectivity index (χ0n) is 11.1. The molecule has 0 aliphatic heterocycles. The van der Waals surface area contributed by atoms with Gasteiger partial charge in [0.25, 0.3) is 0 Å². The number of ketones is 1. The molecule has 0 bridgehead atoms. The van der Waals surface area contributed by atoms with Crippen molar-refractivity contribution >= 4 is 5.78 Å². The monoisotopic (exact) mass is 233 g/mol. The summed E-state index contributed by atoms with van der Waals surface area (Å²) in [6.45, 7) is 2.12. The Morgan fingerprint density at radius 2 is 1.88 bits per heavy atom. The van der Waals surface area contributed by atoms with Gasteiger partial charge in [0.15, 0.2) is 0 Å². The summed E-state index contributed by atoms with van der Waals surface area (Å²) < 4.78 is 0. The van der Waals surface area contributed by atoms with E-state index in [4.69, 9.17) is 0 Å². The number of hydrogen-bond donors (Lipinski definition) is 0. The molecule has 0 aliphatic carbocycles. The average molecular weight is 233 g/mol. The number of carbonyl (C=O) groups is 1. The van der Waals surface area contributed by atoms with E-state index in [0.717, 1.165) is 19.3 Å². The minimum Gasteiger partial charge on any atom is -0.299 e. The Hall–Kier alpha value is -1.15. The maximum Gasteiger partial charge on any atom is 0.150 e. The zero-order valence-corrected chi connectivity index (χ0v) is 11.1. The third-order valence-corrected chi connectivity index (χ3v) is 3.04. The summed E-state index contributed by atoms with van der Waals surface area (Å²) >= 11 is 0. The van der Waals surface area contributed by atoms with Crippen LogP contribution < -0.4 is 0 Å². The highest BCUT2D eigenvalue weighted by Gasteiger charge is 2.20. The molecule has 1 unspecified atom stereocenters. The molecule has 0 aromatic heterocycles. The fourth-order valence-corrected chi connectivity index (χ4v) is 1.94. The van der Waals surface area contributed by atoms with Crippen LogP contribution in [-0.2, 0) is 11.2 Å². The molecule has 0 fully saturated rings. The molecule has 0 aliphatic rings. The molecule has 0 N–H and O–H groups in total. The van der Waals surface area contributed by atoms with Gasteiger partial charge in [0.05, 0.1) is 6.04 Å². The van der Waals surface area contributed by atoms with Gasteiger partial charge in [-0.3, -0.25) is 9.69 Å². The van der Waals surface area contributed by atoms with Crippen molar-refractivity contribution in [1.29, 1.82) is 0 Å². The summed E-state index contributed by atoms with van der Waals surface area (Å²) in [7, 11) is 3.97. The molecule has 0 saturated heterocycles. The summed E-state index contributed by atoms with van der Waals surface area (Å²) in [5.74, 6) is 0.362. The first-order valence-electron chi connectivity index (χ1n) is 6.38. The van der Waals surface area contributed by atoms with E-state index in [1.807, 2.05) is 37.2 Å². The van der Waals surface area contributed by atoms with Crippen LogP contribution in [0, 0.1) is 0 Å². The molecule has 0 amide bonds. The molecular weight excluding hydrogens is 210 g/mol. The fraction of sp³-hybridized carbons (Fsp3) is 0.533. The third kappa shape index (κ3) is 4.70. The summed E-state index contributed by atoms with van der Waals surface area (Å²) in [5.41, 5.74) is 1.23. The van der Waals surface area contributed by atoms with Gasteiger partial charge in [-0.25, -0.2) is 0 Å². The van der Waals surface area contributed by atoms with Crippen LogP contribution in [0.1, 0.15) is 31.7 Å². The predicted octanol–water partition coefficient (Wildman–Crippen LogP) is 2.92. The van der Waals surface area contributed by atoms with Crippen molar-refractivity contribution in [2.45, 2.75) is 38.6 Å². The van der Waals surface area contributed by atoms with Crippen LogP contribution in [0.5, 0.6) is 0 Å². The van der Waals surface area contributed by atoms with Gasteiger partial charge in [0.1, 0.15) is 5.78 Å². The topological polar surface area (TPSA) is 20.3 Å². The van der Waals surface area contributed by atoms with E-state index in [9.17, 15) is 4.79 Å². The predicted molar refractivity (Wildman–Crippen MR) is 72.2 cm³/mol. The lowest BCUT2D eigenvalue weighted by molar-refractivity contribution is -0.123. The van der Waals surface area contributed by atoms with Crippen LogP contribution in [-0.4, -0.2) is 30.8 Å². The lowest BCUT2D eigenvalue weighted by Gasteiger charge is -2.23. The second-order valence-corrected chi connectivity index (χ2v) is 4.74. The van der Waals surface area contributed by atoms with Gasteiger partial charge in [0, 0.05) is 6.42 Å². The highest BCUT2D eigenvalue weighted by molar-refractivity contribution is 5.84. The average Bonchev–Trinajstić information content (AvgIpc) is 2.34. The molecule has 0 spiro atoms. The van der Waals surface area contributed by atoms with E-state index in [0.29, 0.717) is 12.2 Å². The van der Waals surface area contributed by atoms with E-state index in [-0.39, 0.29) is 6.04 Å². The van der Waals surface area contributed by atoms with E-state index >= 15 is 0 Å². The molecule has 2 nitrogen and oxygen atoms in total. The van der Waals surface area contributed by atoms with E-state index < -0.39 is 0 Å². The number of likely N-dealkylation sites (N-methyl/N-ethyl adjacent to an activating group) is 1. The molecular formula is C15H23NO. The molecule has 1 aromatic carbocycles. The summed E-state index contributed by atoms with van der Waals surface area (Å²) in [5, 5.41) is 0. The number of rotatable bonds is 7. The van der Waals surface area contributed by atoms with Gasteiger partial charge in [-0.05, 0) is 32.5 Å². The van der Waals surface area contributed by atoms with Crippen LogP contribution in [0.4, 0.5) is 0 Å². The molecule has 1 rings (SSSR count). The number of hydrogen-bond acceptors (Lipinski definition) is 2. The van der Waals surface area contributed by atoms with Crippen LogP contribution >= 0.6 is 0 Å². The first-order valence-corrected chi connectivity index (χ1v) is 6.38. The Kier molecular flexibility index (Phi) is 5.92. The molecule has 94 valence electrons. The largest absolute Gasteiger partial charge is 0.299 e. The van der Waals surface area contributed by atoms with Crippen molar-refractivity contribution < 1.29 is 4.79 Å². The number of nitrogens with zero attached hydrogens (tertiary/aromatic N) is 1. The Morgan fingerprint density at radius 1 is 1.24 bits per heavy atom. The number of unbranched alkanes of at least 4 members (excludes halogenated alkanes) is 1. The normalized spacial score (nSPS) is 12.7. The Labute approximate surface area is 105 Å². The van der Waals surface area contributed by atoms with E-state index in [1.165, 1.54) is 5.56 Å².